The molecule has 1 fully saturated rings. The van der Waals surface area contributed by atoms with Crippen LogP contribution in [0.3, 0.4) is 0 Å². The van der Waals surface area contributed by atoms with E-state index in [0.29, 0.717) is 6.54 Å². The number of hydrogen-bond acceptors (Lipinski definition) is 3. The van der Waals surface area contributed by atoms with Gasteiger partial charge in [0.05, 0.1) is 6.20 Å². The van der Waals surface area contributed by atoms with Crippen molar-refractivity contribution in [1.29, 1.82) is 0 Å². The largest absolute Gasteiger partial charge is 0.480 e. The van der Waals surface area contributed by atoms with E-state index in [2.05, 4.69) is 15.7 Å². The van der Waals surface area contributed by atoms with Crippen LogP contribution in [0.2, 0.25) is 0 Å². The summed E-state index contributed by atoms with van der Waals surface area (Å²) in [4.78, 5) is 23.1. The second kappa shape index (κ2) is 5.52. The molecule has 0 radical (unpaired) electrons. The highest BCUT2D eigenvalue weighted by Crippen LogP contribution is 2.39. The summed E-state index contributed by atoms with van der Waals surface area (Å²) in [6, 6.07) is -0.467. The van der Waals surface area contributed by atoms with E-state index in [1.54, 1.807) is 17.8 Å². The third-order valence-electron chi connectivity index (χ3n) is 3.68. The van der Waals surface area contributed by atoms with Gasteiger partial charge < -0.3 is 15.7 Å². The van der Waals surface area contributed by atoms with Crippen LogP contribution in [0.1, 0.15) is 32.3 Å². The van der Waals surface area contributed by atoms with Gasteiger partial charge in [0, 0.05) is 24.8 Å². The van der Waals surface area contributed by atoms with Crippen LogP contribution >= 0.6 is 0 Å². The fraction of sp³-hybridized carbons (Fsp3) is 0.615. The molecule has 20 heavy (non-hydrogen) atoms. The van der Waals surface area contributed by atoms with E-state index >= 15 is 0 Å². The van der Waals surface area contributed by atoms with Crippen molar-refractivity contribution in [3.05, 3.63) is 18.0 Å². The van der Waals surface area contributed by atoms with E-state index in [-0.39, 0.29) is 5.92 Å². The molecule has 0 bridgehead atoms. The summed E-state index contributed by atoms with van der Waals surface area (Å²) in [5, 5.41) is 18.6. The Hall–Kier alpha value is -2.05. The molecule has 0 spiro atoms. The molecule has 1 saturated carbocycles. The summed E-state index contributed by atoms with van der Waals surface area (Å²) < 4.78 is 1.76. The van der Waals surface area contributed by atoms with E-state index in [4.69, 9.17) is 0 Å². The number of carbonyl (C=O) groups is 2. The van der Waals surface area contributed by atoms with Crippen LogP contribution in [0, 0.1) is 5.92 Å². The Morgan fingerprint density at radius 3 is 2.75 bits per heavy atom. The van der Waals surface area contributed by atoms with Crippen LogP contribution in [0.25, 0.3) is 0 Å². The second-order valence-electron chi connectivity index (χ2n) is 5.29. The predicted molar refractivity (Wildman–Crippen MR) is 72.0 cm³/mol. The van der Waals surface area contributed by atoms with E-state index in [1.807, 2.05) is 13.1 Å². The molecule has 2 rings (SSSR count). The first-order valence-corrected chi connectivity index (χ1v) is 6.76. The zero-order chi connectivity index (χ0) is 14.8. The van der Waals surface area contributed by atoms with Crippen molar-refractivity contribution >= 4 is 12.0 Å². The molecule has 1 aromatic rings. The summed E-state index contributed by atoms with van der Waals surface area (Å²) >= 11 is 0. The first kappa shape index (κ1) is 14.4. The molecule has 1 heterocycles. The molecule has 1 aliphatic rings. The van der Waals surface area contributed by atoms with Crippen LogP contribution < -0.4 is 10.6 Å². The van der Waals surface area contributed by atoms with E-state index in [0.717, 1.165) is 24.9 Å². The fourth-order valence-electron chi connectivity index (χ4n) is 2.12. The highest BCUT2D eigenvalue weighted by molar-refractivity contribution is 5.86. The first-order valence-electron chi connectivity index (χ1n) is 6.76. The fourth-order valence-corrected chi connectivity index (χ4v) is 2.12. The molecule has 0 saturated heterocycles. The standard InChI is InChI=1S/C13H20N4O3/c1-3-17-8-9(7-15-17)6-14-12(20)16-13(2,11(18)19)10-4-5-10/h7-8,10H,3-6H2,1-2H3,(H,18,19)(H2,14,16,20). The average molecular weight is 280 g/mol. The summed E-state index contributed by atoms with van der Waals surface area (Å²) in [6.07, 6.45) is 5.21. The lowest BCUT2D eigenvalue weighted by molar-refractivity contribution is -0.144. The van der Waals surface area contributed by atoms with Crippen molar-refractivity contribution in [3.8, 4) is 0 Å². The van der Waals surface area contributed by atoms with Crippen LogP contribution in [0.5, 0.6) is 0 Å². The number of carboxylic acids is 1. The van der Waals surface area contributed by atoms with Gasteiger partial charge in [0.15, 0.2) is 0 Å². The summed E-state index contributed by atoms with van der Waals surface area (Å²) in [5.74, 6) is -0.970. The minimum absolute atomic E-state index is 0.0218. The van der Waals surface area contributed by atoms with Crippen molar-refractivity contribution in [2.24, 2.45) is 5.92 Å². The number of carboxylic acid groups (broad SMARTS) is 1. The first-order chi connectivity index (χ1) is 9.45. The van der Waals surface area contributed by atoms with Crippen LogP contribution in [0.15, 0.2) is 12.4 Å². The molecule has 110 valence electrons. The van der Waals surface area contributed by atoms with Crippen molar-refractivity contribution in [2.45, 2.75) is 45.3 Å². The molecule has 3 N–H and O–H groups in total. The topological polar surface area (TPSA) is 96.2 Å². The Balaban J connectivity index is 1.87. The molecule has 1 aromatic heterocycles. The SMILES string of the molecule is CCn1cc(CNC(=O)NC(C)(C(=O)O)C2CC2)cn1. The number of hydrogen-bond donors (Lipinski definition) is 3. The maximum absolute atomic E-state index is 11.8. The normalized spacial score (nSPS) is 17.3. The van der Waals surface area contributed by atoms with E-state index in [1.165, 1.54) is 0 Å². The maximum atomic E-state index is 11.8. The zero-order valence-corrected chi connectivity index (χ0v) is 11.7. The Labute approximate surface area is 117 Å². The van der Waals surface area contributed by atoms with Crippen molar-refractivity contribution < 1.29 is 14.7 Å². The minimum Gasteiger partial charge on any atom is -0.480 e. The van der Waals surface area contributed by atoms with E-state index < -0.39 is 17.5 Å². The monoisotopic (exact) mass is 280 g/mol. The number of aliphatic carboxylic acids is 1. The lowest BCUT2D eigenvalue weighted by Crippen LogP contribution is -2.56. The lowest BCUT2D eigenvalue weighted by Gasteiger charge is -2.26. The molecular weight excluding hydrogens is 260 g/mol. The van der Waals surface area contributed by atoms with Gasteiger partial charge in [-0.25, -0.2) is 9.59 Å². The molecule has 7 heteroatoms. The Kier molecular flexibility index (Phi) is 3.96. The summed E-state index contributed by atoms with van der Waals surface area (Å²) in [5.41, 5.74) is -0.303. The highest BCUT2D eigenvalue weighted by atomic mass is 16.4. The third-order valence-corrected chi connectivity index (χ3v) is 3.68. The number of carbonyl (C=O) groups excluding carboxylic acids is 1. The predicted octanol–water partition coefficient (Wildman–Crippen LogP) is 0.955. The number of nitrogens with zero attached hydrogens (tertiary/aromatic N) is 2. The van der Waals surface area contributed by atoms with Gasteiger partial charge in [-0.2, -0.15) is 5.10 Å². The number of aromatic nitrogens is 2. The molecule has 2 amide bonds. The summed E-state index contributed by atoms with van der Waals surface area (Å²) in [7, 11) is 0. The molecule has 1 unspecified atom stereocenters. The smallest absolute Gasteiger partial charge is 0.329 e. The number of aryl methyl sites for hydroxylation is 1. The number of nitrogens with one attached hydrogen (secondary N) is 2. The Morgan fingerprint density at radius 2 is 2.25 bits per heavy atom. The van der Waals surface area contributed by atoms with Gasteiger partial charge in [0.2, 0.25) is 0 Å². The van der Waals surface area contributed by atoms with Gasteiger partial charge in [-0.15, -0.1) is 0 Å². The van der Waals surface area contributed by atoms with Gasteiger partial charge in [-0.05, 0) is 32.6 Å². The van der Waals surface area contributed by atoms with Gasteiger partial charge >= 0.3 is 12.0 Å². The molecule has 1 atom stereocenters. The third kappa shape index (κ3) is 3.09. The van der Waals surface area contributed by atoms with Crippen molar-refractivity contribution in [3.63, 3.8) is 0 Å². The van der Waals surface area contributed by atoms with Crippen molar-refractivity contribution in [1.82, 2.24) is 20.4 Å². The van der Waals surface area contributed by atoms with E-state index in [9.17, 15) is 14.7 Å². The van der Waals surface area contributed by atoms with Crippen LogP contribution in [-0.2, 0) is 17.9 Å². The van der Waals surface area contributed by atoms with Crippen LogP contribution in [-0.4, -0.2) is 32.4 Å². The Morgan fingerprint density at radius 1 is 1.55 bits per heavy atom. The molecular formula is C13H20N4O3. The number of amides is 2. The average Bonchev–Trinajstić information content (AvgIpc) is 3.16. The van der Waals surface area contributed by atoms with Gasteiger partial charge in [0.1, 0.15) is 5.54 Å². The molecule has 0 aromatic carbocycles. The number of rotatable bonds is 6. The molecule has 0 aliphatic heterocycles. The molecule has 1 aliphatic carbocycles. The van der Waals surface area contributed by atoms with Gasteiger partial charge in [-0.3, -0.25) is 4.68 Å². The molecule has 7 nitrogen and oxygen atoms in total. The quantitative estimate of drug-likeness (QED) is 0.723. The Bertz CT molecular complexity index is 509. The van der Waals surface area contributed by atoms with Crippen molar-refractivity contribution in [2.75, 3.05) is 0 Å². The summed E-state index contributed by atoms with van der Waals surface area (Å²) in [6.45, 7) is 4.63. The highest BCUT2D eigenvalue weighted by Gasteiger charge is 2.48. The minimum atomic E-state index is -1.18. The maximum Gasteiger partial charge on any atom is 0.329 e. The lowest BCUT2D eigenvalue weighted by atomic mass is 9.96. The van der Waals surface area contributed by atoms with Gasteiger partial charge in [-0.1, -0.05) is 0 Å². The second-order valence-corrected chi connectivity index (χ2v) is 5.29. The van der Waals surface area contributed by atoms with Crippen LogP contribution in [0.4, 0.5) is 4.79 Å². The van der Waals surface area contributed by atoms with Gasteiger partial charge in [0.25, 0.3) is 0 Å². The zero-order valence-electron chi connectivity index (χ0n) is 11.7. The number of urea groups is 1.